The van der Waals surface area contributed by atoms with E-state index in [0.29, 0.717) is 35.0 Å². The summed E-state index contributed by atoms with van der Waals surface area (Å²) in [5.74, 6) is 0. The van der Waals surface area contributed by atoms with Crippen LogP contribution in [0.4, 0.5) is 5.13 Å². The van der Waals surface area contributed by atoms with Crippen LogP contribution in [-0.4, -0.2) is 30.0 Å². The number of thiazole rings is 2. The van der Waals surface area contributed by atoms with Crippen LogP contribution in [0.25, 0.3) is 31.5 Å². The summed E-state index contributed by atoms with van der Waals surface area (Å²) in [6.07, 6.45) is 4.99. The molecule has 31 heavy (non-hydrogen) atoms. The molecule has 5 rings (SSSR count). The Morgan fingerprint density at radius 3 is 2.94 bits per heavy atom. The normalized spacial score (nSPS) is 12.0. The minimum Gasteiger partial charge on any atom is -0.405 e. The van der Waals surface area contributed by atoms with Crippen molar-refractivity contribution in [3.8, 4) is 0 Å². The van der Waals surface area contributed by atoms with Crippen molar-refractivity contribution in [3.05, 3.63) is 57.6 Å². The standard InChI is InChI=1S/C20H18N8OS2/c1-27-16-12(17-18(27)25-14(31-17)7-11(22)5-6-21)8-24-28(19(16)29)9-10-3-2-4-13-15(10)26-20(23)30-13/h2-6,8,22H,7,9,21H2,1H3,(H2,23,26)/b6-5-,22-11?. The molecule has 9 nitrogen and oxygen atoms in total. The highest BCUT2D eigenvalue weighted by Gasteiger charge is 2.19. The van der Waals surface area contributed by atoms with Gasteiger partial charge < -0.3 is 21.4 Å². The van der Waals surface area contributed by atoms with Crippen LogP contribution in [0.1, 0.15) is 10.6 Å². The number of aryl methyl sites for hydroxylation is 1. The summed E-state index contributed by atoms with van der Waals surface area (Å²) in [5.41, 5.74) is 14.4. The van der Waals surface area contributed by atoms with Crippen molar-refractivity contribution in [2.45, 2.75) is 13.0 Å². The van der Waals surface area contributed by atoms with Gasteiger partial charge >= 0.3 is 0 Å². The summed E-state index contributed by atoms with van der Waals surface area (Å²) >= 11 is 2.89. The lowest BCUT2D eigenvalue weighted by Crippen LogP contribution is -2.24. The molecule has 0 atom stereocenters. The van der Waals surface area contributed by atoms with Crippen LogP contribution in [0.15, 0.2) is 41.5 Å². The molecule has 0 aliphatic carbocycles. The molecule has 0 radical (unpaired) electrons. The summed E-state index contributed by atoms with van der Waals surface area (Å²) < 4.78 is 5.12. The number of hydrogen-bond donors (Lipinski definition) is 3. The average Bonchev–Trinajstić information content (AvgIpc) is 3.38. The van der Waals surface area contributed by atoms with E-state index in [4.69, 9.17) is 16.9 Å². The maximum atomic E-state index is 13.3. The van der Waals surface area contributed by atoms with Crippen LogP contribution in [0.2, 0.25) is 0 Å². The third kappa shape index (κ3) is 3.18. The molecule has 0 bridgehead atoms. The molecule has 0 fully saturated rings. The Kier molecular flexibility index (Phi) is 4.56. The molecule has 0 amide bonds. The fourth-order valence-electron chi connectivity index (χ4n) is 3.67. The second kappa shape index (κ2) is 7.29. The summed E-state index contributed by atoms with van der Waals surface area (Å²) in [5, 5.41) is 14.4. The van der Waals surface area contributed by atoms with Gasteiger partial charge in [0.25, 0.3) is 5.56 Å². The van der Waals surface area contributed by atoms with Gasteiger partial charge in [0, 0.05) is 30.1 Å². The minimum absolute atomic E-state index is 0.189. The third-order valence-corrected chi connectivity index (χ3v) is 6.98. The largest absolute Gasteiger partial charge is 0.405 e. The Balaban J connectivity index is 1.58. The number of nitrogen functional groups attached to an aromatic ring is 1. The van der Waals surface area contributed by atoms with Crippen molar-refractivity contribution >= 4 is 65.0 Å². The van der Waals surface area contributed by atoms with Gasteiger partial charge in [-0.2, -0.15) is 5.10 Å². The molecule has 11 heteroatoms. The highest BCUT2D eigenvalue weighted by molar-refractivity contribution is 7.22. The molecular weight excluding hydrogens is 432 g/mol. The molecule has 1 aromatic carbocycles. The number of anilines is 1. The van der Waals surface area contributed by atoms with Crippen LogP contribution < -0.4 is 17.0 Å². The number of benzene rings is 1. The Morgan fingerprint density at radius 1 is 1.29 bits per heavy atom. The summed E-state index contributed by atoms with van der Waals surface area (Å²) in [4.78, 5) is 22.3. The molecule has 5 N–H and O–H groups in total. The molecule has 4 aromatic heterocycles. The molecule has 0 aliphatic heterocycles. The zero-order valence-corrected chi connectivity index (χ0v) is 18.1. The van der Waals surface area contributed by atoms with E-state index in [9.17, 15) is 4.79 Å². The first-order chi connectivity index (χ1) is 15.0. The van der Waals surface area contributed by atoms with E-state index in [2.05, 4.69) is 15.1 Å². The Bertz CT molecular complexity index is 1570. The van der Waals surface area contributed by atoms with E-state index >= 15 is 0 Å². The summed E-state index contributed by atoms with van der Waals surface area (Å²) in [6.45, 7) is 0.301. The van der Waals surface area contributed by atoms with Crippen molar-refractivity contribution in [2.75, 3.05) is 5.73 Å². The average molecular weight is 451 g/mol. The Morgan fingerprint density at radius 2 is 2.13 bits per heavy atom. The second-order valence-electron chi connectivity index (χ2n) is 7.07. The van der Waals surface area contributed by atoms with E-state index in [1.54, 1.807) is 16.8 Å². The van der Waals surface area contributed by atoms with Gasteiger partial charge in [-0.15, -0.1) is 11.3 Å². The molecule has 0 saturated carbocycles. The van der Waals surface area contributed by atoms with Gasteiger partial charge in [0.2, 0.25) is 0 Å². The number of nitrogens with zero attached hydrogens (tertiary/aromatic N) is 5. The van der Waals surface area contributed by atoms with Crippen LogP contribution in [0.5, 0.6) is 0 Å². The fraction of sp³-hybridized carbons (Fsp3) is 0.150. The highest BCUT2D eigenvalue weighted by atomic mass is 32.1. The predicted octanol–water partition coefficient (Wildman–Crippen LogP) is 2.62. The number of fused-ring (bicyclic) bond motifs is 4. The predicted molar refractivity (Wildman–Crippen MR) is 126 cm³/mol. The minimum atomic E-state index is -0.189. The van der Waals surface area contributed by atoms with Crippen molar-refractivity contribution in [1.82, 2.24) is 24.3 Å². The quantitative estimate of drug-likeness (QED) is 0.351. The lowest BCUT2D eigenvalue weighted by atomic mass is 10.2. The van der Waals surface area contributed by atoms with E-state index in [1.165, 1.54) is 33.6 Å². The number of para-hydroxylation sites is 1. The smallest absolute Gasteiger partial charge is 0.291 e. The van der Waals surface area contributed by atoms with Gasteiger partial charge in [-0.1, -0.05) is 23.5 Å². The molecule has 0 aliphatic rings. The zero-order chi connectivity index (χ0) is 21.7. The second-order valence-corrected chi connectivity index (χ2v) is 9.21. The summed E-state index contributed by atoms with van der Waals surface area (Å²) in [7, 11) is 1.83. The molecule has 4 heterocycles. The van der Waals surface area contributed by atoms with Crippen molar-refractivity contribution < 1.29 is 0 Å². The number of nitrogens with two attached hydrogens (primary N) is 2. The van der Waals surface area contributed by atoms with Gasteiger partial charge in [0.15, 0.2) is 10.8 Å². The van der Waals surface area contributed by atoms with Gasteiger partial charge in [-0.25, -0.2) is 14.6 Å². The zero-order valence-electron chi connectivity index (χ0n) is 16.5. The van der Waals surface area contributed by atoms with Crippen LogP contribution in [0.3, 0.4) is 0 Å². The first-order valence-corrected chi connectivity index (χ1v) is 11.0. The van der Waals surface area contributed by atoms with E-state index < -0.39 is 0 Å². The van der Waals surface area contributed by atoms with Crippen molar-refractivity contribution in [1.29, 1.82) is 5.41 Å². The SMILES string of the molecule is Cn1c2nc(CC(=N)/C=C\N)sc2c2cnn(Cc3cccc4sc(N)nc34)c(=O)c21. The highest BCUT2D eigenvalue weighted by Crippen LogP contribution is 2.31. The number of rotatable bonds is 5. The Hall–Kier alpha value is -3.57. The van der Waals surface area contributed by atoms with Crippen LogP contribution in [-0.2, 0) is 20.0 Å². The van der Waals surface area contributed by atoms with Crippen molar-refractivity contribution in [3.63, 3.8) is 0 Å². The maximum Gasteiger partial charge on any atom is 0.291 e. The van der Waals surface area contributed by atoms with E-state index in [-0.39, 0.29) is 5.56 Å². The summed E-state index contributed by atoms with van der Waals surface area (Å²) in [6, 6.07) is 5.83. The topological polar surface area (TPSA) is 141 Å². The van der Waals surface area contributed by atoms with Gasteiger partial charge in [-0.05, 0) is 18.3 Å². The number of aromatic nitrogens is 5. The molecule has 0 spiro atoms. The van der Waals surface area contributed by atoms with Gasteiger partial charge in [-0.3, -0.25) is 4.79 Å². The first-order valence-electron chi connectivity index (χ1n) is 9.39. The molecular formula is C20H18N8OS2. The van der Waals surface area contributed by atoms with Gasteiger partial charge in [0.05, 0.1) is 27.7 Å². The fourth-order valence-corrected chi connectivity index (χ4v) is 5.58. The molecule has 0 unspecified atom stereocenters. The van der Waals surface area contributed by atoms with E-state index in [1.807, 2.05) is 25.2 Å². The van der Waals surface area contributed by atoms with Gasteiger partial charge in [0.1, 0.15) is 10.5 Å². The Labute approximate surface area is 183 Å². The number of nitrogens with one attached hydrogen (secondary N) is 1. The first kappa shape index (κ1) is 19.4. The van der Waals surface area contributed by atoms with Crippen LogP contribution in [0, 0.1) is 5.41 Å². The van der Waals surface area contributed by atoms with E-state index in [0.717, 1.165) is 30.9 Å². The lowest BCUT2D eigenvalue weighted by molar-refractivity contribution is 0.646. The monoisotopic (exact) mass is 450 g/mol. The number of hydrogen-bond acceptors (Lipinski definition) is 9. The maximum absolute atomic E-state index is 13.3. The van der Waals surface area contributed by atoms with Crippen molar-refractivity contribution in [2.24, 2.45) is 12.8 Å². The van der Waals surface area contributed by atoms with Crippen LogP contribution >= 0.6 is 22.7 Å². The third-order valence-electron chi connectivity index (χ3n) is 5.05. The molecule has 5 aromatic rings. The lowest BCUT2D eigenvalue weighted by Gasteiger charge is -2.06. The molecule has 156 valence electrons. The number of allylic oxidation sites excluding steroid dienone is 1. The molecule has 0 saturated heterocycles.